The van der Waals surface area contributed by atoms with Crippen molar-refractivity contribution in [2.45, 2.75) is 25.5 Å². The number of carboxylic acids is 1. The van der Waals surface area contributed by atoms with Gasteiger partial charge < -0.3 is 9.84 Å². The van der Waals surface area contributed by atoms with Crippen molar-refractivity contribution in [2.75, 3.05) is 20.2 Å². The van der Waals surface area contributed by atoms with Crippen LogP contribution in [0.15, 0.2) is 17.5 Å². The lowest BCUT2D eigenvalue weighted by Crippen LogP contribution is -2.28. The van der Waals surface area contributed by atoms with Crippen LogP contribution < -0.4 is 0 Å². The standard InChI is InChI=1S/C14H19NO3S/c1-15(9-12-3-2-7-18-12)10-13-11(6-8-19-13)4-5-14(16)17/h4-6,8,12H,2-3,7,9-10H2,1H3,(H,16,17). The van der Waals surface area contributed by atoms with Crippen LogP contribution in [0.25, 0.3) is 6.08 Å². The molecule has 0 bridgehead atoms. The molecule has 19 heavy (non-hydrogen) atoms. The normalized spacial score (nSPS) is 19.6. The highest BCUT2D eigenvalue weighted by Gasteiger charge is 2.17. The van der Waals surface area contributed by atoms with Crippen molar-refractivity contribution in [1.82, 2.24) is 4.90 Å². The highest BCUT2D eigenvalue weighted by Crippen LogP contribution is 2.21. The van der Waals surface area contributed by atoms with Crippen molar-refractivity contribution in [3.63, 3.8) is 0 Å². The van der Waals surface area contributed by atoms with E-state index < -0.39 is 5.97 Å². The Morgan fingerprint density at radius 2 is 2.53 bits per heavy atom. The summed E-state index contributed by atoms with van der Waals surface area (Å²) in [6, 6.07) is 1.96. The fourth-order valence-corrected chi connectivity index (χ4v) is 3.18. The summed E-state index contributed by atoms with van der Waals surface area (Å²) in [5.74, 6) is -0.912. The third-order valence-electron chi connectivity index (χ3n) is 3.14. The molecule has 0 spiro atoms. The maximum absolute atomic E-state index is 10.5. The highest BCUT2D eigenvalue weighted by molar-refractivity contribution is 7.10. The first-order valence-corrected chi connectivity index (χ1v) is 7.30. The minimum atomic E-state index is -0.912. The number of carboxylic acid groups (broad SMARTS) is 1. The van der Waals surface area contributed by atoms with Gasteiger partial charge in [-0.05, 0) is 43.0 Å². The molecule has 4 nitrogen and oxygen atoms in total. The van der Waals surface area contributed by atoms with Crippen molar-refractivity contribution >= 4 is 23.4 Å². The SMILES string of the molecule is CN(Cc1sccc1C=CC(=O)O)CC1CCCO1. The molecule has 1 saturated heterocycles. The molecule has 1 atom stereocenters. The monoisotopic (exact) mass is 281 g/mol. The molecule has 0 amide bonds. The van der Waals surface area contributed by atoms with E-state index in [0.717, 1.165) is 38.1 Å². The molecule has 104 valence electrons. The molecule has 0 saturated carbocycles. The van der Waals surface area contributed by atoms with Gasteiger partial charge in [0, 0.05) is 30.6 Å². The summed E-state index contributed by atoms with van der Waals surface area (Å²) in [6.07, 6.45) is 5.49. The minimum Gasteiger partial charge on any atom is -0.478 e. The maximum atomic E-state index is 10.5. The average Bonchev–Trinajstić information content (AvgIpc) is 2.98. The van der Waals surface area contributed by atoms with Gasteiger partial charge in [-0.15, -0.1) is 11.3 Å². The first-order chi connectivity index (χ1) is 9.15. The summed E-state index contributed by atoms with van der Waals surface area (Å²) >= 11 is 1.66. The number of thiophene rings is 1. The van der Waals surface area contributed by atoms with Crippen molar-refractivity contribution in [3.8, 4) is 0 Å². The van der Waals surface area contributed by atoms with Gasteiger partial charge in [0.05, 0.1) is 6.10 Å². The molecule has 2 rings (SSSR count). The van der Waals surface area contributed by atoms with Crippen LogP contribution in [0.3, 0.4) is 0 Å². The number of hydrogen-bond acceptors (Lipinski definition) is 4. The van der Waals surface area contributed by atoms with Gasteiger partial charge in [-0.25, -0.2) is 4.79 Å². The van der Waals surface area contributed by atoms with Crippen LogP contribution in [0.4, 0.5) is 0 Å². The fourth-order valence-electron chi connectivity index (χ4n) is 2.23. The van der Waals surface area contributed by atoms with Crippen LogP contribution in [0, 0.1) is 0 Å². The van der Waals surface area contributed by atoms with E-state index in [9.17, 15) is 4.79 Å². The first kappa shape index (κ1) is 14.2. The second-order valence-electron chi connectivity index (χ2n) is 4.80. The Hall–Kier alpha value is -1.17. The summed E-state index contributed by atoms with van der Waals surface area (Å²) in [5, 5.41) is 10.7. The van der Waals surface area contributed by atoms with E-state index in [2.05, 4.69) is 11.9 Å². The Bertz CT molecular complexity index is 449. The smallest absolute Gasteiger partial charge is 0.328 e. The zero-order chi connectivity index (χ0) is 13.7. The molecule has 1 aromatic rings. The number of rotatable bonds is 6. The third-order valence-corrected chi connectivity index (χ3v) is 4.06. The Kier molecular flexibility index (Phi) is 5.13. The van der Waals surface area contributed by atoms with Crippen molar-refractivity contribution in [3.05, 3.63) is 28.0 Å². The van der Waals surface area contributed by atoms with E-state index in [1.807, 2.05) is 11.4 Å². The van der Waals surface area contributed by atoms with Gasteiger partial charge in [0.25, 0.3) is 0 Å². The van der Waals surface area contributed by atoms with Crippen LogP contribution in [0.2, 0.25) is 0 Å². The quantitative estimate of drug-likeness (QED) is 0.814. The van der Waals surface area contributed by atoms with Gasteiger partial charge >= 0.3 is 5.97 Å². The summed E-state index contributed by atoms with van der Waals surface area (Å²) in [5.41, 5.74) is 0.992. The molecule has 1 aromatic heterocycles. The lowest BCUT2D eigenvalue weighted by molar-refractivity contribution is -0.131. The highest BCUT2D eigenvalue weighted by atomic mass is 32.1. The second-order valence-corrected chi connectivity index (χ2v) is 5.80. The predicted octanol–water partition coefficient (Wildman–Crippen LogP) is 2.46. The summed E-state index contributed by atoms with van der Waals surface area (Å²) in [4.78, 5) is 14.0. The topological polar surface area (TPSA) is 49.8 Å². The van der Waals surface area contributed by atoms with Gasteiger partial charge in [-0.1, -0.05) is 0 Å². The molecule has 1 fully saturated rings. The van der Waals surface area contributed by atoms with Crippen molar-refractivity contribution in [2.24, 2.45) is 0 Å². The summed E-state index contributed by atoms with van der Waals surface area (Å²) in [6.45, 7) is 2.64. The lowest BCUT2D eigenvalue weighted by Gasteiger charge is -2.20. The van der Waals surface area contributed by atoms with Crippen LogP contribution in [0.1, 0.15) is 23.3 Å². The molecule has 0 aromatic carbocycles. The molecular weight excluding hydrogens is 262 g/mol. The van der Waals surface area contributed by atoms with Crippen molar-refractivity contribution < 1.29 is 14.6 Å². The lowest BCUT2D eigenvalue weighted by atomic mass is 10.2. The van der Waals surface area contributed by atoms with Crippen LogP contribution in [0.5, 0.6) is 0 Å². The molecule has 5 heteroatoms. The zero-order valence-electron chi connectivity index (χ0n) is 11.0. The molecular formula is C14H19NO3S. The van der Waals surface area contributed by atoms with E-state index >= 15 is 0 Å². The van der Waals surface area contributed by atoms with E-state index in [-0.39, 0.29) is 0 Å². The molecule has 1 unspecified atom stereocenters. The first-order valence-electron chi connectivity index (χ1n) is 6.42. The predicted molar refractivity (Wildman–Crippen MR) is 76.3 cm³/mol. The van der Waals surface area contributed by atoms with Crippen LogP contribution >= 0.6 is 11.3 Å². The molecule has 0 aliphatic carbocycles. The van der Waals surface area contributed by atoms with E-state index in [1.165, 1.54) is 11.0 Å². The van der Waals surface area contributed by atoms with Gasteiger partial charge in [-0.2, -0.15) is 0 Å². The number of carbonyl (C=O) groups is 1. The Morgan fingerprint density at radius 1 is 1.68 bits per heavy atom. The molecule has 1 aliphatic rings. The number of ether oxygens (including phenoxy) is 1. The molecule has 1 N–H and O–H groups in total. The number of likely N-dealkylation sites (N-methyl/N-ethyl adjacent to an activating group) is 1. The Balaban J connectivity index is 1.91. The Labute approximate surface area is 117 Å². The summed E-state index contributed by atoms with van der Waals surface area (Å²) < 4.78 is 5.62. The van der Waals surface area contributed by atoms with Gasteiger partial charge in [0.2, 0.25) is 0 Å². The zero-order valence-corrected chi connectivity index (χ0v) is 11.9. The molecule has 1 aliphatic heterocycles. The maximum Gasteiger partial charge on any atom is 0.328 e. The largest absolute Gasteiger partial charge is 0.478 e. The third kappa shape index (κ3) is 4.45. The van der Waals surface area contributed by atoms with Crippen molar-refractivity contribution in [1.29, 1.82) is 0 Å². The average molecular weight is 281 g/mol. The molecule has 0 radical (unpaired) electrons. The van der Waals surface area contributed by atoms with E-state index in [1.54, 1.807) is 17.4 Å². The number of aliphatic carboxylic acids is 1. The second kappa shape index (κ2) is 6.84. The summed E-state index contributed by atoms with van der Waals surface area (Å²) in [7, 11) is 2.08. The fraction of sp³-hybridized carbons (Fsp3) is 0.500. The van der Waals surface area contributed by atoms with E-state index in [0.29, 0.717) is 6.10 Å². The minimum absolute atomic E-state index is 0.350. The molecule has 2 heterocycles. The Morgan fingerprint density at radius 3 is 3.21 bits per heavy atom. The van der Waals surface area contributed by atoms with E-state index in [4.69, 9.17) is 9.84 Å². The number of hydrogen-bond donors (Lipinski definition) is 1. The van der Waals surface area contributed by atoms with Crippen LogP contribution in [-0.2, 0) is 16.1 Å². The van der Waals surface area contributed by atoms with Gasteiger partial charge in [0.15, 0.2) is 0 Å². The van der Waals surface area contributed by atoms with Gasteiger partial charge in [-0.3, -0.25) is 4.90 Å². The van der Waals surface area contributed by atoms with Crippen LogP contribution in [-0.4, -0.2) is 42.3 Å². The number of nitrogens with zero attached hydrogens (tertiary/aromatic N) is 1. The van der Waals surface area contributed by atoms with Gasteiger partial charge in [0.1, 0.15) is 0 Å².